The molecule has 2 aromatic rings. The molecule has 0 radical (unpaired) electrons. The highest BCUT2D eigenvalue weighted by Crippen LogP contribution is 2.31. The van der Waals surface area contributed by atoms with Crippen LogP contribution in [0.3, 0.4) is 0 Å². The van der Waals surface area contributed by atoms with E-state index in [1.54, 1.807) is 21.3 Å². The summed E-state index contributed by atoms with van der Waals surface area (Å²) in [6.07, 6.45) is 0. The molecule has 5 heteroatoms. The molecular formula is C18H21NO4. The fourth-order valence-corrected chi connectivity index (χ4v) is 2.73. The van der Waals surface area contributed by atoms with Crippen LogP contribution in [-0.4, -0.2) is 33.0 Å². The highest BCUT2D eigenvalue weighted by Gasteiger charge is 2.18. The van der Waals surface area contributed by atoms with Crippen molar-refractivity contribution in [2.75, 3.05) is 28.1 Å². The highest BCUT2D eigenvalue weighted by molar-refractivity contribution is 5.43. The maximum Gasteiger partial charge on any atom is 0.161 e. The summed E-state index contributed by atoms with van der Waals surface area (Å²) < 4.78 is 21.7. The molecular weight excluding hydrogens is 294 g/mol. The molecule has 0 N–H and O–H groups in total. The standard InChI is InChI=1S/C18H21NO4/c1-20-15-5-7-16-14(9-15)11-19(12-23-16)10-13-4-6-17(21-2)18(8-13)22-3/h4-9H,10-12H2,1-3H3. The Morgan fingerprint density at radius 1 is 0.957 bits per heavy atom. The molecule has 23 heavy (non-hydrogen) atoms. The van der Waals surface area contributed by atoms with Crippen molar-refractivity contribution in [1.29, 1.82) is 0 Å². The van der Waals surface area contributed by atoms with E-state index in [4.69, 9.17) is 18.9 Å². The van der Waals surface area contributed by atoms with Crippen LogP contribution in [0.1, 0.15) is 11.1 Å². The first-order chi connectivity index (χ1) is 11.2. The minimum atomic E-state index is 0.563. The van der Waals surface area contributed by atoms with E-state index in [0.717, 1.165) is 47.2 Å². The van der Waals surface area contributed by atoms with Gasteiger partial charge in [-0.05, 0) is 35.9 Å². The number of benzene rings is 2. The van der Waals surface area contributed by atoms with Crippen molar-refractivity contribution in [3.05, 3.63) is 47.5 Å². The lowest BCUT2D eigenvalue weighted by Gasteiger charge is -2.29. The van der Waals surface area contributed by atoms with Crippen LogP contribution >= 0.6 is 0 Å². The Balaban J connectivity index is 1.74. The number of methoxy groups -OCH3 is 3. The van der Waals surface area contributed by atoms with Gasteiger partial charge in [0, 0.05) is 18.7 Å². The van der Waals surface area contributed by atoms with Crippen LogP contribution in [0.25, 0.3) is 0 Å². The molecule has 122 valence electrons. The van der Waals surface area contributed by atoms with Gasteiger partial charge in [0.15, 0.2) is 11.5 Å². The topological polar surface area (TPSA) is 40.2 Å². The summed E-state index contributed by atoms with van der Waals surface area (Å²) in [6, 6.07) is 11.9. The summed E-state index contributed by atoms with van der Waals surface area (Å²) in [5.74, 6) is 3.25. The first kappa shape index (κ1) is 15.5. The van der Waals surface area contributed by atoms with E-state index >= 15 is 0 Å². The van der Waals surface area contributed by atoms with Crippen molar-refractivity contribution in [2.24, 2.45) is 0 Å². The molecule has 2 aromatic carbocycles. The summed E-state index contributed by atoms with van der Waals surface area (Å²) in [5.41, 5.74) is 2.29. The summed E-state index contributed by atoms with van der Waals surface area (Å²) in [6.45, 7) is 2.16. The first-order valence-electron chi connectivity index (χ1n) is 7.46. The molecule has 0 saturated heterocycles. The van der Waals surface area contributed by atoms with E-state index in [9.17, 15) is 0 Å². The van der Waals surface area contributed by atoms with Crippen molar-refractivity contribution in [2.45, 2.75) is 13.1 Å². The Morgan fingerprint density at radius 3 is 2.52 bits per heavy atom. The molecule has 5 nitrogen and oxygen atoms in total. The average Bonchev–Trinajstić information content (AvgIpc) is 2.60. The van der Waals surface area contributed by atoms with Gasteiger partial charge in [-0.15, -0.1) is 0 Å². The molecule has 0 amide bonds. The summed E-state index contributed by atoms with van der Waals surface area (Å²) in [4.78, 5) is 2.23. The molecule has 0 spiro atoms. The molecule has 0 aliphatic carbocycles. The zero-order valence-corrected chi connectivity index (χ0v) is 13.7. The van der Waals surface area contributed by atoms with E-state index in [0.29, 0.717) is 6.73 Å². The van der Waals surface area contributed by atoms with E-state index < -0.39 is 0 Å². The fraction of sp³-hybridized carbons (Fsp3) is 0.333. The van der Waals surface area contributed by atoms with E-state index in [-0.39, 0.29) is 0 Å². The monoisotopic (exact) mass is 315 g/mol. The zero-order chi connectivity index (χ0) is 16.2. The van der Waals surface area contributed by atoms with Crippen LogP contribution in [0.2, 0.25) is 0 Å². The molecule has 0 fully saturated rings. The molecule has 3 rings (SSSR count). The van der Waals surface area contributed by atoms with Crippen molar-refractivity contribution >= 4 is 0 Å². The van der Waals surface area contributed by atoms with Gasteiger partial charge in [0.2, 0.25) is 0 Å². The predicted octanol–water partition coefficient (Wildman–Crippen LogP) is 3.06. The van der Waals surface area contributed by atoms with Crippen LogP contribution in [0, 0.1) is 0 Å². The van der Waals surface area contributed by atoms with Crippen LogP contribution in [0.15, 0.2) is 36.4 Å². The number of hydrogen-bond donors (Lipinski definition) is 0. The first-order valence-corrected chi connectivity index (χ1v) is 7.46. The second-order valence-corrected chi connectivity index (χ2v) is 5.42. The Morgan fingerprint density at radius 2 is 1.78 bits per heavy atom. The van der Waals surface area contributed by atoms with Crippen LogP contribution in [-0.2, 0) is 13.1 Å². The van der Waals surface area contributed by atoms with Crippen molar-refractivity contribution in [1.82, 2.24) is 4.90 Å². The van der Waals surface area contributed by atoms with E-state index in [1.807, 2.05) is 36.4 Å². The number of fused-ring (bicyclic) bond motifs is 1. The van der Waals surface area contributed by atoms with Gasteiger partial charge in [-0.25, -0.2) is 0 Å². The van der Waals surface area contributed by atoms with Gasteiger partial charge in [0.25, 0.3) is 0 Å². The van der Waals surface area contributed by atoms with Gasteiger partial charge in [0.1, 0.15) is 18.2 Å². The molecule has 0 unspecified atom stereocenters. The molecule has 1 heterocycles. The summed E-state index contributed by atoms with van der Waals surface area (Å²) >= 11 is 0. The molecule has 0 saturated carbocycles. The van der Waals surface area contributed by atoms with E-state index in [1.165, 1.54) is 0 Å². The second-order valence-electron chi connectivity index (χ2n) is 5.42. The third-order valence-corrected chi connectivity index (χ3v) is 3.92. The van der Waals surface area contributed by atoms with Gasteiger partial charge in [-0.2, -0.15) is 0 Å². The number of ether oxygens (including phenoxy) is 4. The maximum absolute atomic E-state index is 5.82. The average molecular weight is 315 g/mol. The van der Waals surface area contributed by atoms with E-state index in [2.05, 4.69) is 4.90 Å². The molecule has 0 aromatic heterocycles. The zero-order valence-electron chi connectivity index (χ0n) is 13.7. The summed E-state index contributed by atoms with van der Waals surface area (Å²) in [5, 5.41) is 0. The Hall–Kier alpha value is -2.40. The smallest absolute Gasteiger partial charge is 0.161 e. The van der Waals surface area contributed by atoms with Crippen LogP contribution in [0.5, 0.6) is 23.0 Å². The molecule has 1 aliphatic heterocycles. The van der Waals surface area contributed by atoms with Crippen molar-refractivity contribution in [3.63, 3.8) is 0 Å². The number of rotatable bonds is 5. The minimum Gasteiger partial charge on any atom is -0.497 e. The molecule has 0 bridgehead atoms. The second kappa shape index (κ2) is 6.79. The Kier molecular flexibility index (Phi) is 4.57. The quantitative estimate of drug-likeness (QED) is 0.848. The highest BCUT2D eigenvalue weighted by atomic mass is 16.5. The molecule has 0 atom stereocenters. The predicted molar refractivity (Wildman–Crippen MR) is 87.3 cm³/mol. The lowest BCUT2D eigenvalue weighted by molar-refractivity contribution is 0.0884. The van der Waals surface area contributed by atoms with Gasteiger partial charge in [0.05, 0.1) is 21.3 Å². The Labute approximate surface area is 136 Å². The SMILES string of the molecule is COc1ccc2c(c1)CN(Cc1ccc(OC)c(OC)c1)CO2. The van der Waals surface area contributed by atoms with Crippen molar-refractivity contribution < 1.29 is 18.9 Å². The van der Waals surface area contributed by atoms with Gasteiger partial charge >= 0.3 is 0 Å². The summed E-state index contributed by atoms with van der Waals surface area (Å²) in [7, 11) is 4.96. The third kappa shape index (κ3) is 3.35. The largest absolute Gasteiger partial charge is 0.497 e. The van der Waals surface area contributed by atoms with Crippen molar-refractivity contribution in [3.8, 4) is 23.0 Å². The normalized spacial score (nSPS) is 13.9. The Bertz CT molecular complexity index is 687. The molecule has 1 aliphatic rings. The van der Waals surface area contributed by atoms with Crippen LogP contribution in [0.4, 0.5) is 0 Å². The van der Waals surface area contributed by atoms with Gasteiger partial charge < -0.3 is 18.9 Å². The van der Waals surface area contributed by atoms with Gasteiger partial charge in [-0.1, -0.05) is 6.07 Å². The number of nitrogens with zero attached hydrogens (tertiary/aromatic N) is 1. The lowest BCUT2D eigenvalue weighted by atomic mass is 10.1. The van der Waals surface area contributed by atoms with Gasteiger partial charge in [-0.3, -0.25) is 4.90 Å². The maximum atomic E-state index is 5.82. The third-order valence-electron chi connectivity index (χ3n) is 3.92. The fourth-order valence-electron chi connectivity index (χ4n) is 2.73. The number of hydrogen-bond acceptors (Lipinski definition) is 5. The lowest BCUT2D eigenvalue weighted by Crippen LogP contribution is -2.31. The minimum absolute atomic E-state index is 0.563. The van der Waals surface area contributed by atoms with Crippen LogP contribution < -0.4 is 18.9 Å².